The van der Waals surface area contributed by atoms with Gasteiger partial charge in [0.1, 0.15) is 0 Å². The first-order valence-electron chi connectivity index (χ1n) is 7.53. The average Bonchev–Trinajstić information content (AvgIpc) is 3.05. The molecule has 1 N–H and O–H groups in total. The second-order valence-corrected chi connectivity index (χ2v) is 6.84. The van der Waals surface area contributed by atoms with Gasteiger partial charge in [-0.05, 0) is 31.6 Å². The minimum Gasteiger partial charge on any atom is -0.481 e. The minimum absolute atomic E-state index is 0.0847. The molecule has 3 rings (SSSR count). The van der Waals surface area contributed by atoms with Crippen molar-refractivity contribution in [3.8, 4) is 0 Å². The van der Waals surface area contributed by atoms with Crippen LogP contribution in [0.4, 0.5) is 0 Å². The van der Waals surface area contributed by atoms with Gasteiger partial charge in [0.25, 0.3) is 0 Å². The summed E-state index contributed by atoms with van der Waals surface area (Å²) in [5.74, 6) is -1.08. The van der Waals surface area contributed by atoms with Gasteiger partial charge in [0.15, 0.2) is 0 Å². The first-order chi connectivity index (χ1) is 9.44. The summed E-state index contributed by atoms with van der Waals surface area (Å²) in [5.41, 5.74) is -0.893. The van der Waals surface area contributed by atoms with Crippen LogP contribution < -0.4 is 0 Å². The molecule has 5 nitrogen and oxygen atoms in total. The molecule has 0 radical (unpaired) electrons. The zero-order valence-corrected chi connectivity index (χ0v) is 11.8. The lowest BCUT2D eigenvalue weighted by atomic mass is 9.85. The number of carboxylic acids is 1. The van der Waals surface area contributed by atoms with Gasteiger partial charge in [-0.1, -0.05) is 19.8 Å². The number of carbonyl (C=O) groups is 3. The van der Waals surface area contributed by atoms with Gasteiger partial charge in [-0.25, -0.2) is 0 Å². The summed E-state index contributed by atoms with van der Waals surface area (Å²) in [6.07, 6.45) is 4.42. The number of hydrogen-bond acceptors (Lipinski definition) is 3. The van der Waals surface area contributed by atoms with E-state index in [2.05, 4.69) is 6.92 Å². The molecule has 110 valence electrons. The van der Waals surface area contributed by atoms with Gasteiger partial charge in [0.2, 0.25) is 11.8 Å². The zero-order valence-electron chi connectivity index (χ0n) is 11.8. The van der Waals surface area contributed by atoms with E-state index in [4.69, 9.17) is 0 Å². The molecule has 2 atom stereocenters. The second kappa shape index (κ2) is 4.57. The lowest BCUT2D eigenvalue weighted by Gasteiger charge is -2.29. The number of fused-ring (bicyclic) bond motifs is 1. The van der Waals surface area contributed by atoms with E-state index in [0.717, 1.165) is 25.7 Å². The van der Waals surface area contributed by atoms with E-state index < -0.39 is 11.4 Å². The van der Waals surface area contributed by atoms with Crippen LogP contribution in [0.3, 0.4) is 0 Å². The summed E-state index contributed by atoms with van der Waals surface area (Å²) in [6, 6.07) is 0. The van der Waals surface area contributed by atoms with E-state index in [1.165, 1.54) is 4.90 Å². The monoisotopic (exact) mass is 279 g/mol. The van der Waals surface area contributed by atoms with Gasteiger partial charge in [0, 0.05) is 6.54 Å². The van der Waals surface area contributed by atoms with E-state index in [1.807, 2.05) is 0 Å². The summed E-state index contributed by atoms with van der Waals surface area (Å²) < 4.78 is 0. The summed E-state index contributed by atoms with van der Waals surface area (Å²) in [6.45, 7) is 2.15. The van der Waals surface area contributed by atoms with Crippen LogP contribution in [-0.2, 0) is 14.4 Å². The first kappa shape index (κ1) is 13.6. The van der Waals surface area contributed by atoms with Crippen LogP contribution in [0.15, 0.2) is 0 Å². The molecular formula is C15H21NO4. The number of rotatable bonds is 3. The Kier molecular flexibility index (Phi) is 3.10. The van der Waals surface area contributed by atoms with Gasteiger partial charge in [-0.2, -0.15) is 0 Å². The highest BCUT2D eigenvalue weighted by Gasteiger charge is 2.54. The molecule has 1 heterocycles. The van der Waals surface area contributed by atoms with Crippen molar-refractivity contribution in [1.29, 1.82) is 0 Å². The number of imide groups is 1. The molecule has 0 bridgehead atoms. The van der Waals surface area contributed by atoms with Crippen LogP contribution in [0.25, 0.3) is 0 Å². The number of aliphatic carboxylic acids is 1. The molecule has 2 unspecified atom stereocenters. The molecule has 20 heavy (non-hydrogen) atoms. The number of nitrogens with zero attached hydrogens (tertiary/aromatic N) is 1. The molecule has 1 aliphatic heterocycles. The van der Waals surface area contributed by atoms with Crippen LogP contribution in [0.1, 0.15) is 45.4 Å². The van der Waals surface area contributed by atoms with Crippen molar-refractivity contribution in [2.24, 2.45) is 23.2 Å². The summed E-state index contributed by atoms with van der Waals surface area (Å²) >= 11 is 0. The van der Waals surface area contributed by atoms with Crippen molar-refractivity contribution >= 4 is 17.8 Å². The molecular weight excluding hydrogens is 258 g/mol. The lowest BCUT2D eigenvalue weighted by molar-refractivity contribution is -0.153. The van der Waals surface area contributed by atoms with Crippen LogP contribution in [0.2, 0.25) is 0 Å². The summed E-state index contributed by atoms with van der Waals surface area (Å²) in [4.78, 5) is 37.7. The number of likely N-dealkylation sites (tertiary alicyclic amines) is 1. The van der Waals surface area contributed by atoms with Crippen molar-refractivity contribution in [2.45, 2.75) is 45.4 Å². The van der Waals surface area contributed by atoms with E-state index >= 15 is 0 Å². The highest BCUT2D eigenvalue weighted by atomic mass is 16.4. The largest absolute Gasteiger partial charge is 0.481 e. The van der Waals surface area contributed by atoms with Crippen LogP contribution in [-0.4, -0.2) is 34.3 Å². The third kappa shape index (κ3) is 1.86. The Morgan fingerprint density at radius 2 is 1.70 bits per heavy atom. The van der Waals surface area contributed by atoms with E-state index in [9.17, 15) is 19.5 Å². The molecule has 3 fully saturated rings. The average molecular weight is 279 g/mol. The maximum Gasteiger partial charge on any atom is 0.311 e. The number of carboxylic acid groups (broad SMARTS) is 1. The number of carbonyl (C=O) groups excluding carboxylic acids is 2. The Morgan fingerprint density at radius 3 is 2.15 bits per heavy atom. The zero-order chi connectivity index (χ0) is 14.5. The molecule has 3 aliphatic rings. The molecule has 2 amide bonds. The van der Waals surface area contributed by atoms with E-state index in [1.54, 1.807) is 0 Å². The topological polar surface area (TPSA) is 74.7 Å². The normalized spacial score (nSPS) is 35.6. The van der Waals surface area contributed by atoms with Crippen LogP contribution >= 0.6 is 0 Å². The van der Waals surface area contributed by atoms with Gasteiger partial charge in [0.05, 0.1) is 17.3 Å². The molecule has 0 aromatic carbocycles. The van der Waals surface area contributed by atoms with Crippen molar-refractivity contribution in [2.75, 3.05) is 6.54 Å². The van der Waals surface area contributed by atoms with Crippen molar-refractivity contribution in [1.82, 2.24) is 4.90 Å². The third-order valence-electron chi connectivity index (χ3n) is 5.44. The molecule has 1 saturated heterocycles. The SMILES string of the molecule is CC1CC2C(=O)N(CC3(C(=O)O)CCCC3)C(=O)C2C1. The van der Waals surface area contributed by atoms with Gasteiger partial charge < -0.3 is 5.11 Å². The molecule has 0 spiro atoms. The second-order valence-electron chi connectivity index (χ2n) is 6.84. The summed E-state index contributed by atoms with van der Waals surface area (Å²) in [5, 5.41) is 9.49. The van der Waals surface area contributed by atoms with Crippen molar-refractivity contribution in [3.63, 3.8) is 0 Å². The molecule has 0 aromatic rings. The Labute approximate surface area is 118 Å². The standard InChI is InChI=1S/C15H21NO4/c1-9-6-10-11(7-9)13(18)16(12(10)17)8-15(14(19)20)4-2-3-5-15/h9-11H,2-8H2,1H3,(H,19,20). The van der Waals surface area contributed by atoms with Crippen molar-refractivity contribution < 1.29 is 19.5 Å². The Hall–Kier alpha value is -1.39. The van der Waals surface area contributed by atoms with Crippen molar-refractivity contribution in [3.05, 3.63) is 0 Å². The fourth-order valence-corrected chi connectivity index (χ4v) is 4.30. The fraction of sp³-hybridized carbons (Fsp3) is 0.800. The predicted octanol–water partition coefficient (Wildman–Crippen LogP) is 1.66. The smallest absolute Gasteiger partial charge is 0.311 e. The maximum atomic E-state index is 12.4. The van der Waals surface area contributed by atoms with Crippen LogP contribution in [0, 0.1) is 23.2 Å². The molecule has 5 heteroatoms. The lowest BCUT2D eigenvalue weighted by Crippen LogP contribution is -2.45. The molecule has 0 aromatic heterocycles. The van der Waals surface area contributed by atoms with Gasteiger partial charge >= 0.3 is 5.97 Å². The quantitative estimate of drug-likeness (QED) is 0.797. The highest BCUT2D eigenvalue weighted by Crippen LogP contribution is 2.46. The maximum absolute atomic E-state index is 12.4. The van der Waals surface area contributed by atoms with Crippen LogP contribution in [0.5, 0.6) is 0 Å². The Balaban J connectivity index is 1.80. The van der Waals surface area contributed by atoms with E-state index in [-0.39, 0.29) is 30.2 Å². The van der Waals surface area contributed by atoms with Gasteiger partial charge in [-0.15, -0.1) is 0 Å². The third-order valence-corrected chi connectivity index (χ3v) is 5.44. The number of amides is 2. The summed E-state index contributed by atoms with van der Waals surface area (Å²) in [7, 11) is 0. The molecule has 2 aliphatic carbocycles. The number of hydrogen-bond donors (Lipinski definition) is 1. The van der Waals surface area contributed by atoms with Gasteiger partial charge in [-0.3, -0.25) is 19.3 Å². The minimum atomic E-state index is -0.893. The highest BCUT2D eigenvalue weighted by molar-refractivity contribution is 6.05. The Morgan fingerprint density at radius 1 is 1.20 bits per heavy atom. The first-order valence-corrected chi connectivity index (χ1v) is 7.53. The fourth-order valence-electron chi connectivity index (χ4n) is 4.30. The molecule has 2 saturated carbocycles. The predicted molar refractivity (Wildman–Crippen MR) is 70.6 cm³/mol. The van der Waals surface area contributed by atoms with E-state index in [0.29, 0.717) is 18.8 Å². The Bertz CT molecular complexity index is 442.